The number of fused-ring (bicyclic) bond motifs is 1. The summed E-state index contributed by atoms with van der Waals surface area (Å²) < 4.78 is 3.84. The number of nitrogens with zero attached hydrogens (tertiary/aromatic N) is 6. The van der Waals surface area contributed by atoms with Crippen molar-refractivity contribution < 1.29 is 0 Å². The van der Waals surface area contributed by atoms with Gasteiger partial charge in [-0.3, -0.25) is 4.68 Å². The minimum absolute atomic E-state index is 0.0492. The first-order valence-corrected chi connectivity index (χ1v) is 8.14. The first-order chi connectivity index (χ1) is 12.2. The first kappa shape index (κ1) is 15.3. The lowest BCUT2D eigenvalue weighted by molar-refractivity contribution is 0.606. The Labute approximate surface area is 145 Å². The highest BCUT2D eigenvalue weighted by Crippen LogP contribution is 2.27. The van der Waals surface area contributed by atoms with Crippen LogP contribution in [0.5, 0.6) is 0 Å². The molecule has 0 amide bonds. The molecule has 0 saturated carbocycles. The van der Waals surface area contributed by atoms with Crippen molar-refractivity contribution in [1.82, 2.24) is 29.3 Å². The molecule has 1 atom stereocenters. The molecule has 1 aromatic carbocycles. The van der Waals surface area contributed by atoms with Crippen LogP contribution in [0.25, 0.3) is 11.0 Å². The van der Waals surface area contributed by atoms with Gasteiger partial charge in [0.05, 0.1) is 23.4 Å². The number of imidazole rings is 1. The van der Waals surface area contributed by atoms with E-state index in [1.165, 1.54) is 5.56 Å². The van der Waals surface area contributed by atoms with Gasteiger partial charge >= 0.3 is 0 Å². The van der Waals surface area contributed by atoms with Crippen LogP contribution >= 0.6 is 0 Å². The van der Waals surface area contributed by atoms with Gasteiger partial charge in [0.2, 0.25) is 0 Å². The fourth-order valence-corrected chi connectivity index (χ4v) is 3.08. The second kappa shape index (κ2) is 6.35. The second-order valence-electron chi connectivity index (χ2n) is 6.00. The molecule has 7 nitrogen and oxygen atoms in total. The van der Waals surface area contributed by atoms with Crippen LogP contribution in [0.1, 0.15) is 17.3 Å². The van der Waals surface area contributed by atoms with E-state index < -0.39 is 0 Å². The normalized spacial score (nSPS) is 12.4. The van der Waals surface area contributed by atoms with Crippen LogP contribution in [0, 0.1) is 6.92 Å². The monoisotopic (exact) mass is 333 g/mol. The minimum Gasteiger partial charge on any atom is -0.361 e. The van der Waals surface area contributed by atoms with E-state index in [9.17, 15) is 0 Å². The van der Waals surface area contributed by atoms with Crippen LogP contribution in [0.3, 0.4) is 0 Å². The smallest absolute Gasteiger partial charge is 0.163 e. The summed E-state index contributed by atoms with van der Waals surface area (Å²) in [6.07, 6.45) is 7.15. The number of aromatic nitrogens is 6. The van der Waals surface area contributed by atoms with E-state index in [4.69, 9.17) is 0 Å². The molecular formula is C18H19N7. The summed E-state index contributed by atoms with van der Waals surface area (Å²) in [6.45, 7) is 2.72. The maximum Gasteiger partial charge on any atom is 0.163 e. The van der Waals surface area contributed by atoms with Crippen LogP contribution in [0.2, 0.25) is 0 Å². The number of rotatable bonds is 5. The lowest BCUT2D eigenvalue weighted by Crippen LogP contribution is -2.18. The molecule has 3 aromatic heterocycles. The van der Waals surface area contributed by atoms with Crippen molar-refractivity contribution in [2.24, 2.45) is 7.05 Å². The van der Waals surface area contributed by atoms with E-state index in [0.29, 0.717) is 0 Å². The highest BCUT2D eigenvalue weighted by molar-refractivity contribution is 5.89. The van der Waals surface area contributed by atoms with Crippen molar-refractivity contribution in [2.75, 3.05) is 5.32 Å². The molecule has 4 aromatic rings. The number of benzene rings is 1. The molecule has 7 heteroatoms. The predicted octanol–water partition coefficient (Wildman–Crippen LogP) is 2.72. The van der Waals surface area contributed by atoms with Gasteiger partial charge in [0.1, 0.15) is 12.1 Å². The lowest BCUT2D eigenvalue weighted by atomic mass is 10.1. The SMILES string of the molecule is Cc1nn(C)c2ncnc(N[C@@H](Cn3ccnc3)c3ccccc3)c12. The molecule has 0 aliphatic carbocycles. The van der Waals surface area contributed by atoms with Gasteiger partial charge in [-0.2, -0.15) is 5.10 Å². The molecule has 0 aliphatic heterocycles. The Bertz CT molecular complexity index is 974. The molecule has 25 heavy (non-hydrogen) atoms. The van der Waals surface area contributed by atoms with E-state index in [1.807, 2.05) is 44.7 Å². The molecule has 126 valence electrons. The van der Waals surface area contributed by atoms with Crippen LogP contribution in [-0.4, -0.2) is 29.3 Å². The summed E-state index contributed by atoms with van der Waals surface area (Å²) in [5.74, 6) is 0.796. The Morgan fingerprint density at radius 1 is 1.16 bits per heavy atom. The largest absolute Gasteiger partial charge is 0.361 e. The summed E-state index contributed by atoms with van der Waals surface area (Å²) in [4.78, 5) is 13.0. The van der Waals surface area contributed by atoms with Crippen LogP contribution in [-0.2, 0) is 13.6 Å². The van der Waals surface area contributed by atoms with E-state index >= 15 is 0 Å². The quantitative estimate of drug-likeness (QED) is 0.608. The molecule has 1 N–H and O–H groups in total. The fourth-order valence-electron chi connectivity index (χ4n) is 3.08. The van der Waals surface area contributed by atoms with Gasteiger partial charge < -0.3 is 9.88 Å². The maximum absolute atomic E-state index is 4.48. The third-order valence-corrected chi connectivity index (χ3v) is 4.26. The summed E-state index contributed by atoms with van der Waals surface area (Å²) in [6, 6.07) is 10.4. The molecule has 4 rings (SSSR count). The van der Waals surface area contributed by atoms with Gasteiger partial charge in [-0.25, -0.2) is 15.0 Å². The van der Waals surface area contributed by atoms with Crippen LogP contribution in [0.4, 0.5) is 5.82 Å². The van der Waals surface area contributed by atoms with Gasteiger partial charge in [-0.15, -0.1) is 0 Å². The van der Waals surface area contributed by atoms with Gasteiger partial charge in [0, 0.05) is 26.0 Å². The standard InChI is InChI=1S/C18H19N7/c1-13-16-17(20-11-21-18(16)24(2)23-13)22-15(10-25-9-8-19-12-25)14-6-4-3-5-7-14/h3-9,11-12,15H,10H2,1-2H3,(H,20,21,22)/t15-/m0/s1. The van der Waals surface area contributed by atoms with Crippen molar-refractivity contribution in [3.8, 4) is 0 Å². The number of hydrogen-bond acceptors (Lipinski definition) is 5. The van der Waals surface area contributed by atoms with E-state index in [1.54, 1.807) is 17.2 Å². The number of nitrogens with one attached hydrogen (secondary N) is 1. The summed E-state index contributed by atoms with van der Waals surface area (Å²) in [5.41, 5.74) is 2.92. The van der Waals surface area contributed by atoms with E-state index in [0.717, 1.165) is 29.1 Å². The Morgan fingerprint density at radius 3 is 2.76 bits per heavy atom. The topological polar surface area (TPSA) is 73.5 Å². The summed E-state index contributed by atoms with van der Waals surface area (Å²) in [5, 5.41) is 9.00. The van der Waals surface area contributed by atoms with E-state index in [2.05, 4.69) is 42.1 Å². The molecular weight excluding hydrogens is 314 g/mol. The first-order valence-electron chi connectivity index (χ1n) is 8.14. The van der Waals surface area contributed by atoms with E-state index in [-0.39, 0.29) is 6.04 Å². The van der Waals surface area contributed by atoms with Gasteiger partial charge in [-0.05, 0) is 12.5 Å². The molecule has 0 radical (unpaired) electrons. The summed E-state index contributed by atoms with van der Waals surface area (Å²) in [7, 11) is 1.90. The molecule has 0 spiro atoms. The zero-order valence-corrected chi connectivity index (χ0v) is 14.2. The fraction of sp³-hybridized carbons (Fsp3) is 0.222. The third-order valence-electron chi connectivity index (χ3n) is 4.26. The average Bonchev–Trinajstić information content (AvgIpc) is 3.24. The van der Waals surface area contributed by atoms with Crippen molar-refractivity contribution in [2.45, 2.75) is 19.5 Å². The zero-order chi connectivity index (χ0) is 17.2. The molecule has 0 unspecified atom stereocenters. The predicted molar refractivity (Wildman–Crippen MR) is 96.1 cm³/mol. The van der Waals surface area contributed by atoms with Crippen molar-refractivity contribution in [3.05, 3.63) is 66.6 Å². The van der Waals surface area contributed by atoms with Crippen molar-refractivity contribution in [3.63, 3.8) is 0 Å². The van der Waals surface area contributed by atoms with Gasteiger partial charge in [0.25, 0.3) is 0 Å². The Hall–Kier alpha value is -3.22. The third kappa shape index (κ3) is 2.96. The number of anilines is 1. The zero-order valence-electron chi connectivity index (χ0n) is 14.2. The Morgan fingerprint density at radius 2 is 2.00 bits per heavy atom. The van der Waals surface area contributed by atoms with Crippen molar-refractivity contribution >= 4 is 16.9 Å². The molecule has 0 saturated heterocycles. The molecule has 0 fully saturated rings. The Balaban J connectivity index is 1.74. The number of hydrogen-bond donors (Lipinski definition) is 1. The second-order valence-corrected chi connectivity index (χ2v) is 6.00. The number of aryl methyl sites for hydroxylation is 2. The molecule has 0 bridgehead atoms. The van der Waals surface area contributed by atoms with Crippen LogP contribution in [0.15, 0.2) is 55.4 Å². The van der Waals surface area contributed by atoms with Gasteiger partial charge in [-0.1, -0.05) is 30.3 Å². The molecule has 0 aliphatic rings. The van der Waals surface area contributed by atoms with Crippen LogP contribution < -0.4 is 5.32 Å². The maximum atomic E-state index is 4.48. The lowest BCUT2D eigenvalue weighted by Gasteiger charge is -2.20. The average molecular weight is 333 g/mol. The molecule has 3 heterocycles. The van der Waals surface area contributed by atoms with Crippen molar-refractivity contribution in [1.29, 1.82) is 0 Å². The minimum atomic E-state index is 0.0492. The summed E-state index contributed by atoms with van der Waals surface area (Å²) >= 11 is 0. The Kier molecular flexibility index (Phi) is 3.89. The highest BCUT2D eigenvalue weighted by atomic mass is 15.3. The van der Waals surface area contributed by atoms with Gasteiger partial charge in [0.15, 0.2) is 5.65 Å². The highest BCUT2D eigenvalue weighted by Gasteiger charge is 2.17.